The van der Waals surface area contributed by atoms with Crippen molar-refractivity contribution < 1.29 is 5.11 Å². The van der Waals surface area contributed by atoms with Crippen molar-refractivity contribution in [2.75, 3.05) is 13.2 Å². The maximum atomic E-state index is 9.45. The van der Waals surface area contributed by atoms with Gasteiger partial charge in [0.15, 0.2) is 0 Å². The number of aliphatic hydroxyl groups is 1. The second-order valence-electron chi connectivity index (χ2n) is 4.80. The minimum absolute atomic E-state index is 0.0185. The number of aliphatic hydroxyl groups excluding tert-OH is 1. The fourth-order valence-corrected chi connectivity index (χ4v) is 1.84. The van der Waals surface area contributed by atoms with Crippen LogP contribution in [-0.4, -0.2) is 23.2 Å². The number of nitrogens with zero attached hydrogens (tertiary/aromatic N) is 1. The smallest absolute Gasteiger partial charge is 0.0541 e. The molecule has 0 fully saturated rings. The first-order chi connectivity index (χ1) is 8.15. The second-order valence-corrected chi connectivity index (χ2v) is 4.80. The highest BCUT2D eigenvalue weighted by Crippen LogP contribution is 2.24. The summed E-state index contributed by atoms with van der Waals surface area (Å²) >= 11 is 0. The van der Waals surface area contributed by atoms with Crippen molar-refractivity contribution in [3.63, 3.8) is 0 Å². The zero-order valence-corrected chi connectivity index (χ0v) is 11.2. The van der Waals surface area contributed by atoms with E-state index >= 15 is 0 Å². The molecule has 0 amide bonds. The number of aromatic nitrogens is 1. The minimum atomic E-state index is 0.0185. The van der Waals surface area contributed by atoms with Crippen molar-refractivity contribution in [3.8, 4) is 0 Å². The molecule has 17 heavy (non-hydrogen) atoms. The Kier molecular flexibility index (Phi) is 5.59. The second kappa shape index (κ2) is 6.72. The molecule has 2 N–H and O–H groups in total. The lowest BCUT2D eigenvalue weighted by molar-refractivity contribution is 0.113. The van der Waals surface area contributed by atoms with Gasteiger partial charge in [0.1, 0.15) is 0 Å². The van der Waals surface area contributed by atoms with Crippen LogP contribution in [-0.2, 0) is 6.54 Å². The van der Waals surface area contributed by atoms with Gasteiger partial charge in [-0.2, -0.15) is 0 Å². The molecule has 0 aliphatic rings. The van der Waals surface area contributed by atoms with E-state index in [0.29, 0.717) is 0 Å². The zero-order chi connectivity index (χ0) is 12.7. The van der Waals surface area contributed by atoms with Crippen LogP contribution in [0.4, 0.5) is 0 Å². The summed E-state index contributed by atoms with van der Waals surface area (Å²) in [5.74, 6) is 0. The molecule has 0 spiro atoms. The molecular weight excluding hydrogens is 212 g/mol. The molecule has 1 aromatic heterocycles. The third-order valence-corrected chi connectivity index (χ3v) is 3.61. The van der Waals surface area contributed by atoms with Gasteiger partial charge in [0.2, 0.25) is 0 Å². The summed E-state index contributed by atoms with van der Waals surface area (Å²) in [6.07, 6.45) is 3.87. The summed E-state index contributed by atoms with van der Waals surface area (Å²) < 4.78 is 0. The maximum absolute atomic E-state index is 9.45. The molecule has 1 aromatic rings. The predicted octanol–water partition coefficient (Wildman–Crippen LogP) is 2.28. The van der Waals surface area contributed by atoms with Gasteiger partial charge in [-0.3, -0.25) is 4.98 Å². The highest BCUT2D eigenvalue weighted by Gasteiger charge is 2.24. The van der Waals surface area contributed by atoms with E-state index < -0.39 is 0 Å². The van der Waals surface area contributed by atoms with Crippen molar-refractivity contribution in [1.82, 2.24) is 10.3 Å². The van der Waals surface area contributed by atoms with Crippen molar-refractivity contribution in [3.05, 3.63) is 29.6 Å². The van der Waals surface area contributed by atoms with Gasteiger partial charge in [-0.15, -0.1) is 0 Å². The molecule has 0 aliphatic heterocycles. The van der Waals surface area contributed by atoms with Gasteiger partial charge < -0.3 is 10.4 Å². The zero-order valence-electron chi connectivity index (χ0n) is 11.2. The van der Waals surface area contributed by atoms with E-state index in [1.54, 1.807) is 0 Å². The van der Waals surface area contributed by atoms with E-state index in [1.165, 1.54) is 5.56 Å². The van der Waals surface area contributed by atoms with Gasteiger partial charge in [0.05, 0.1) is 5.69 Å². The van der Waals surface area contributed by atoms with E-state index in [2.05, 4.69) is 30.2 Å². The summed E-state index contributed by atoms with van der Waals surface area (Å²) in [5, 5.41) is 12.8. The summed E-state index contributed by atoms with van der Waals surface area (Å²) in [6, 6.07) is 4.11. The Bertz CT molecular complexity index is 309. The molecule has 0 unspecified atom stereocenters. The number of hydrogen-bond donors (Lipinski definition) is 2. The van der Waals surface area contributed by atoms with Gasteiger partial charge in [0, 0.05) is 31.3 Å². The topological polar surface area (TPSA) is 45.1 Å². The third-order valence-electron chi connectivity index (χ3n) is 3.61. The van der Waals surface area contributed by atoms with E-state index in [4.69, 9.17) is 0 Å². The molecule has 0 aromatic carbocycles. The first-order valence-electron chi connectivity index (χ1n) is 6.39. The summed E-state index contributed by atoms with van der Waals surface area (Å²) in [5.41, 5.74) is 2.25. The van der Waals surface area contributed by atoms with Gasteiger partial charge in [-0.25, -0.2) is 0 Å². The van der Waals surface area contributed by atoms with Crippen LogP contribution in [0.2, 0.25) is 0 Å². The molecule has 3 nitrogen and oxygen atoms in total. The highest BCUT2D eigenvalue weighted by atomic mass is 16.3. The number of rotatable bonds is 7. The average molecular weight is 236 g/mol. The SMILES string of the molecule is CCC(CC)(CO)CNCc1ccc(C)cn1. The Balaban J connectivity index is 2.43. The molecule has 1 rings (SSSR count). The van der Waals surface area contributed by atoms with Crippen molar-refractivity contribution >= 4 is 0 Å². The third kappa shape index (κ3) is 4.10. The fourth-order valence-electron chi connectivity index (χ4n) is 1.84. The molecule has 96 valence electrons. The first-order valence-corrected chi connectivity index (χ1v) is 6.39. The summed E-state index contributed by atoms with van der Waals surface area (Å²) in [4.78, 5) is 4.35. The van der Waals surface area contributed by atoms with Crippen molar-refractivity contribution in [1.29, 1.82) is 0 Å². The minimum Gasteiger partial charge on any atom is -0.396 e. The van der Waals surface area contributed by atoms with Crippen LogP contribution in [0.25, 0.3) is 0 Å². The van der Waals surface area contributed by atoms with E-state index in [0.717, 1.165) is 31.6 Å². The van der Waals surface area contributed by atoms with Crippen LogP contribution in [0.3, 0.4) is 0 Å². The number of nitrogens with one attached hydrogen (secondary N) is 1. The Labute approximate surface area is 104 Å². The monoisotopic (exact) mass is 236 g/mol. The van der Waals surface area contributed by atoms with Crippen LogP contribution in [0.5, 0.6) is 0 Å². The summed E-state index contributed by atoms with van der Waals surface area (Å²) in [7, 11) is 0. The standard InChI is InChI=1S/C14H24N2O/c1-4-14(5-2,11-17)10-15-9-13-7-6-12(3)8-16-13/h6-8,15,17H,4-5,9-11H2,1-3H3. The molecule has 0 atom stereocenters. The van der Waals surface area contributed by atoms with Gasteiger partial charge in [-0.05, 0) is 31.4 Å². The van der Waals surface area contributed by atoms with E-state index in [9.17, 15) is 5.11 Å². The average Bonchev–Trinajstić information content (AvgIpc) is 2.38. The molecular formula is C14H24N2O. The molecule has 0 radical (unpaired) electrons. The van der Waals surface area contributed by atoms with Crippen LogP contribution in [0.15, 0.2) is 18.3 Å². The molecule has 0 aliphatic carbocycles. The molecule has 3 heteroatoms. The molecule has 0 saturated heterocycles. The fraction of sp³-hybridized carbons (Fsp3) is 0.643. The van der Waals surface area contributed by atoms with E-state index in [-0.39, 0.29) is 12.0 Å². The lowest BCUT2D eigenvalue weighted by atomic mass is 9.83. The lowest BCUT2D eigenvalue weighted by Crippen LogP contribution is -2.36. The predicted molar refractivity (Wildman–Crippen MR) is 70.8 cm³/mol. The van der Waals surface area contributed by atoms with Gasteiger partial charge in [-0.1, -0.05) is 19.9 Å². The van der Waals surface area contributed by atoms with Crippen LogP contribution in [0, 0.1) is 12.3 Å². The molecule has 0 saturated carbocycles. The van der Waals surface area contributed by atoms with Gasteiger partial charge in [0.25, 0.3) is 0 Å². The quantitative estimate of drug-likeness (QED) is 0.763. The van der Waals surface area contributed by atoms with E-state index in [1.807, 2.05) is 19.2 Å². The molecule has 1 heterocycles. The van der Waals surface area contributed by atoms with Crippen LogP contribution in [0.1, 0.15) is 37.9 Å². The lowest BCUT2D eigenvalue weighted by Gasteiger charge is -2.29. The normalized spacial score (nSPS) is 11.8. The van der Waals surface area contributed by atoms with Crippen molar-refractivity contribution in [2.24, 2.45) is 5.41 Å². The summed E-state index contributed by atoms with van der Waals surface area (Å²) in [6.45, 7) is 8.15. The number of aryl methyl sites for hydroxylation is 1. The Hall–Kier alpha value is -0.930. The maximum Gasteiger partial charge on any atom is 0.0541 e. The Morgan fingerprint density at radius 3 is 2.47 bits per heavy atom. The highest BCUT2D eigenvalue weighted by molar-refractivity contribution is 5.11. The van der Waals surface area contributed by atoms with Crippen LogP contribution < -0.4 is 5.32 Å². The number of pyridine rings is 1. The Morgan fingerprint density at radius 1 is 1.29 bits per heavy atom. The number of hydrogen-bond acceptors (Lipinski definition) is 3. The van der Waals surface area contributed by atoms with Gasteiger partial charge >= 0.3 is 0 Å². The Morgan fingerprint density at radius 2 is 2.00 bits per heavy atom. The van der Waals surface area contributed by atoms with Crippen LogP contribution >= 0.6 is 0 Å². The van der Waals surface area contributed by atoms with Crippen molar-refractivity contribution in [2.45, 2.75) is 40.2 Å². The largest absolute Gasteiger partial charge is 0.396 e. The first kappa shape index (κ1) is 14.1. The molecule has 0 bridgehead atoms.